The van der Waals surface area contributed by atoms with Crippen LogP contribution in [-0.2, 0) is 14.3 Å². The third-order valence-corrected chi connectivity index (χ3v) is 7.78. The second kappa shape index (κ2) is 38.0. The summed E-state index contributed by atoms with van der Waals surface area (Å²) >= 11 is 0. The molecule has 0 aliphatic rings. The van der Waals surface area contributed by atoms with Crippen molar-refractivity contribution in [2.24, 2.45) is 0 Å². The number of hydrogen-bond acceptors (Lipinski definition) is 5. The Morgan fingerprint density at radius 2 is 0.911 bits per heavy atom. The minimum atomic E-state index is -0.0992. The third kappa shape index (κ3) is 38.0. The van der Waals surface area contributed by atoms with Crippen LogP contribution < -0.4 is 5.32 Å². The monoisotopic (exact) mass is 629 g/mol. The van der Waals surface area contributed by atoms with Gasteiger partial charge < -0.3 is 14.8 Å². The molecule has 5 nitrogen and oxygen atoms in total. The number of esters is 1. The van der Waals surface area contributed by atoms with Gasteiger partial charge >= 0.3 is 5.97 Å². The minimum absolute atomic E-state index is 0.0992. The van der Waals surface area contributed by atoms with Gasteiger partial charge in [-0.3, -0.25) is 10.2 Å². The van der Waals surface area contributed by atoms with Crippen molar-refractivity contribution in [1.82, 2.24) is 5.32 Å². The van der Waals surface area contributed by atoms with E-state index in [1.165, 1.54) is 96.3 Å². The molecule has 0 saturated heterocycles. The van der Waals surface area contributed by atoms with E-state index in [1.54, 1.807) is 0 Å². The molecule has 0 heterocycles. The van der Waals surface area contributed by atoms with Crippen LogP contribution in [0.1, 0.15) is 168 Å². The summed E-state index contributed by atoms with van der Waals surface area (Å²) in [5.74, 6) is 0.282. The molecule has 0 saturated carbocycles. The molecule has 260 valence electrons. The smallest absolute Gasteiger partial charge is 0.305 e. The van der Waals surface area contributed by atoms with E-state index in [0.717, 1.165) is 51.4 Å². The van der Waals surface area contributed by atoms with Crippen LogP contribution in [0.25, 0.3) is 0 Å². The molecule has 0 aliphatic heterocycles. The van der Waals surface area contributed by atoms with Crippen molar-refractivity contribution in [3.05, 3.63) is 48.6 Å². The lowest BCUT2D eigenvalue weighted by Gasteiger charge is -2.09. The van der Waals surface area contributed by atoms with Crippen LogP contribution in [-0.4, -0.2) is 38.2 Å². The second-order valence-corrected chi connectivity index (χ2v) is 12.2. The molecule has 0 unspecified atom stereocenters. The summed E-state index contributed by atoms with van der Waals surface area (Å²) in [7, 11) is 0. The highest BCUT2D eigenvalue weighted by atomic mass is 16.5. The summed E-state index contributed by atoms with van der Waals surface area (Å²) in [6.45, 7) is 6.65. The van der Waals surface area contributed by atoms with Crippen LogP contribution in [0.4, 0.5) is 0 Å². The number of rotatable bonds is 34. The Hall–Kier alpha value is -2.14. The van der Waals surface area contributed by atoms with Gasteiger partial charge in [0.1, 0.15) is 13.2 Å². The molecule has 0 bridgehead atoms. The van der Waals surface area contributed by atoms with Gasteiger partial charge in [0.25, 0.3) is 0 Å². The number of nitrogens with one attached hydrogen (secondary N) is 2. The number of unbranched alkanes of at least 4 members (excludes halogenated alkanes) is 16. The number of hydrogen-bond donors (Lipinski definition) is 2. The van der Waals surface area contributed by atoms with Crippen molar-refractivity contribution in [1.29, 1.82) is 5.41 Å². The molecule has 5 heteroatoms. The average Bonchev–Trinajstić information content (AvgIpc) is 3.04. The SMILES string of the molecule is CCCCC/C=C\C/C=C\CCCCCCCC(=N)OCCNCCOC(=O)CCCCCCC/C=C\C/C=C\CCCCC. The molecule has 0 rings (SSSR count). The molecule has 2 N–H and O–H groups in total. The normalized spacial score (nSPS) is 12.0. The zero-order valence-corrected chi connectivity index (χ0v) is 29.6. The summed E-state index contributed by atoms with van der Waals surface area (Å²) in [5, 5.41) is 11.2. The molecule has 0 aromatic rings. The quantitative estimate of drug-likeness (QED) is 0.0244. The van der Waals surface area contributed by atoms with Gasteiger partial charge in [0.15, 0.2) is 5.90 Å². The fraction of sp³-hybridized carbons (Fsp3) is 0.750. The van der Waals surface area contributed by atoms with Gasteiger partial charge in [-0.05, 0) is 77.0 Å². The zero-order chi connectivity index (χ0) is 32.7. The van der Waals surface area contributed by atoms with Crippen LogP contribution in [0, 0.1) is 5.41 Å². The number of ether oxygens (including phenoxy) is 2. The molecule has 0 atom stereocenters. The van der Waals surface area contributed by atoms with Crippen molar-refractivity contribution in [3.8, 4) is 0 Å². The van der Waals surface area contributed by atoms with Crippen LogP contribution in [0.3, 0.4) is 0 Å². The van der Waals surface area contributed by atoms with Crippen molar-refractivity contribution in [3.63, 3.8) is 0 Å². The predicted octanol–water partition coefficient (Wildman–Crippen LogP) is 11.7. The maximum Gasteiger partial charge on any atom is 0.305 e. The van der Waals surface area contributed by atoms with Crippen molar-refractivity contribution < 1.29 is 14.3 Å². The summed E-state index contributed by atoms with van der Waals surface area (Å²) in [6.07, 6.45) is 46.0. The standard InChI is InChI=1S/C40H72N2O3/c1-3-5-7-9-11-13-15-17-19-21-23-25-27-29-31-33-39(41)44-37-35-42-36-38-45-40(43)34-32-30-28-26-24-22-20-18-16-14-12-10-8-6-4-2/h11-14,17-20,41-42H,3-10,15-16,21-38H2,1-2H3/b13-11-,14-12-,19-17-,20-18-,41-39?. The second-order valence-electron chi connectivity index (χ2n) is 12.2. The number of carbonyl (C=O) groups is 1. The molecule has 45 heavy (non-hydrogen) atoms. The van der Waals surface area contributed by atoms with Gasteiger partial charge in [-0.15, -0.1) is 0 Å². The van der Waals surface area contributed by atoms with E-state index < -0.39 is 0 Å². The Balaban J connectivity index is 3.36. The Bertz CT molecular complexity index is 695. The number of carbonyl (C=O) groups excluding carboxylic acids is 1. The summed E-state index contributed by atoms with van der Waals surface area (Å²) in [4.78, 5) is 11.9. The first-order valence-electron chi connectivity index (χ1n) is 18.9. The number of allylic oxidation sites excluding steroid dienone is 8. The van der Waals surface area contributed by atoms with E-state index in [-0.39, 0.29) is 5.97 Å². The van der Waals surface area contributed by atoms with E-state index in [4.69, 9.17) is 14.9 Å². The van der Waals surface area contributed by atoms with E-state index in [1.807, 2.05) is 0 Å². The van der Waals surface area contributed by atoms with Gasteiger partial charge in [0.05, 0.1) is 0 Å². The zero-order valence-electron chi connectivity index (χ0n) is 29.6. The maximum absolute atomic E-state index is 11.9. The summed E-state index contributed by atoms with van der Waals surface area (Å²) in [6, 6.07) is 0. The van der Waals surface area contributed by atoms with E-state index in [2.05, 4.69) is 67.8 Å². The Labute approximate surface area is 279 Å². The first-order chi connectivity index (χ1) is 22.2. The lowest BCUT2D eigenvalue weighted by atomic mass is 10.1. The lowest BCUT2D eigenvalue weighted by molar-refractivity contribution is -0.143. The minimum Gasteiger partial charge on any atom is -0.480 e. The highest BCUT2D eigenvalue weighted by molar-refractivity contribution is 5.72. The third-order valence-electron chi connectivity index (χ3n) is 7.78. The Kier molecular flexibility index (Phi) is 36.2. The molecule has 0 fully saturated rings. The first-order valence-corrected chi connectivity index (χ1v) is 18.9. The Morgan fingerprint density at radius 1 is 0.511 bits per heavy atom. The van der Waals surface area contributed by atoms with Gasteiger partial charge in [0, 0.05) is 25.9 Å². The van der Waals surface area contributed by atoms with Crippen LogP contribution in [0.2, 0.25) is 0 Å². The molecule has 0 amide bonds. The topological polar surface area (TPSA) is 71.4 Å². The van der Waals surface area contributed by atoms with Gasteiger partial charge in [-0.2, -0.15) is 0 Å². The lowest BCUT2D eigenvalue weighted by Crippen LogP contribution is -2.25. The molecular formula is C40H72N2O3. The van der Waals surface area contributed by atoms with E-state index in [9.17, 15) is 4.79 Å². The van der Waals surface area contributed by atoms with Crippen molar-refractivity contribution in [2.45, 2.75) is 168 Å². The molecule has 0 aliphatic carbocycles. The van der Waals surface area contributed by atoms with Crippen molar-refractivity contribution in [2.75, 3.05) is 26.3 Å². The predicted molar refractivity (Wildman–Crippen MR) is 196 cm³/mol. The van der Waals surface area contributed by atoms with Crippen LogP contribution >= 0.6 is 0 Å². The molecule has 0 aromatic carbocycles. The molecular weight excluding hydrogens is 556 g/mol. The largest absolute Gasteiger partial charge is 0.480 e. The summed E-state index contributed by atoms with van der Waals surface area (Å²) in [5.41, 5.74) is 0. The first kappa shape index (κ1) is 42.9. The van der Waals surface area contributed by atoms with Gasteiger partial charge in [0.2, 0.25) is 0 Å². The highest BCUT2D eigenvalue weighted by Crippen LogP contribution is 2.10. The van der Waals surface area contributed by atoms with Gasteiger partial charge in [-0.25, -0.2) is 0 Å². The highest BCUT2D eigenvalue weighted by Gasteiger charge is 2.03. The molecule has 0 radical (unpaired) electrons. The Morgan fingerprint density at radius 3 is 1.40 bits per heavy atom. The molecule has 0 aromatic heterocycles. The molecule has 0 spiro atoms. The van der Waals surface area contributed by atoms with Crippen molar-refractivity contribution >= 4 is 11.9 Å². The fourth-order valence-electron chi connectivity index (χ4n) is 4.93. The van der Waals surface area contributed by atoms with Crippen LogP contribution in [0.15, 0.2) is 48.6 Å². The van der Waals surface area contributed by atoms with Crippen LogP contribution in [0.5, 0.6) is 0 Å². The summed E-state index contributed by atoms with van der Waals surface area (Å²) < 4.78 is 10.8. The van der Waals surface area contributed by atoms with E-state index in [0.29, 0.717) is 38.6 Å². The van der Waals surface area contributed by atoms with Gasteiger partial charge in [-0.1, -0.05) is 127 Å². The fourth-order valence-corrected chi connectivity index (χ4v) is 4.93. The average molecular weight is 629 g/mol. The van der Waals surface area contributed by atoms with E-state index >= 15 is 0 Å². The maximum atomic E-state index is 11.9.